The first-order valence-electron chi connectivity index (χ1n) is 9.38. The molecule has 0 saturated carbocycles. The monoisotopic (exact) mass is 370 g/mol. The molecule has 1 N–H and O–H groups in total. The maximum Gasteiger partial charge on any atom is 0.325 e. The number of hydrogen-bond acceptors (Lipinski definition) is 5. The first kappa shape index (κ1) is 18.9. The third-order valence-electron chi connectivity index (χ3n) is 4.81. The van der Waals surface area contributed by atoms with Crippen LogP contribution in [0.15, 0.2) is 36.9 Å². The molecule has 2 aromatic rings. The second-order valence-electron chi connectivity index (χ2n) is 6.58. The number of esters is 1. The number of carbonyl (C=O) groups excluding carboxylic acids is 2. The van der Waals surface area contributed by atoms with Crippen molar-refractivity contribution in [2.24, 2.45) is 5.92 Å². The molecule has 1 amide bonds. The van der Waals surface area contributed by atoms with Gasteiger partial charge in [-0.3, -0.25) is 9.59 Å². The van der Waals surface area contributed by atoms with Gasteiger partial charge < -0.3 is 19.5 Å². The number of anilines is 1. The molecule has 7 heteroatoms. The van der Waals surface area contributed by atoms with Crippen LogP contribution in [-0.4, -0.2) is 47.7 Å². The van der Waals surface area contributed by atoms with Gasteiger partial charge in [0, 0.05) is 25.6 Å². The van der Waals surface area contributed by atoms with Gasteiger partial charge in [0.05, 0.1) is 17.6 Å². The largest absolute Gasteiger partial charge is 0.465 e. The van der Waals surface area contributed by atoms with Gasteiger partial charge in [0.15, 0.2) is 0 Å². The first-order chi connectivity index (χ1) is 13.1. The number of carbonyl (C=O) groups is 2. The van der Waals surface area contributed by atoms with E-state index in [1.54, 1.807) is 6.92 Å². The van der Waals surface area contributed by atoms with Crippen LogP contribution in [-0.2, 0) is 20.9 Å². The molecule has 2 heterocycles. The lowest BCUT2D eigenvalue weighted by Crippen LogP contribution is -2.42. The summed E-state index contributed by atoms with van der Waals surface area (Å²) in [5, 5.41) is 2.68. The Morgan fingerprint density at radius 1 is 1.33 bits per heavy atom. The minimum atomic E-state index is -0.401. The summed E-state index contributed by atoms with van der Waals surface area (Å²) >= 11 is 0. The van der Waals surface area contributed by atoms with Crippen LogP contribution in [0.1, 0.15) is 19.8 Å². The molecule has 0 spiro atoms. The summed E-state index contributed by atoms with van der Waals surface area (Å²) in [4.78, 5) is 30.7. The number of rotatable bonds is 7. The minimum Gasteiger partial charge on any atom is -0.465 e. The Morgan fingerprint density at radius 3 is 2.78 bits per heavy atom. The molecule has 1 saturated heterocycles. The normalized spacial score (nSPS) is 14.9. The molecular weight excluding hydrogens is 344 g/mol. The van der Waals surface area contributed by atoms with Crippen LogP contribution in [0.2, 0.25) is 0 Å². The zero-order valence-corrected chi connectivity index (χ0v) is 15.7. The summed E-state index contributed by atoms with van der Waals surface area (Å²) < 4.78 is 6.99. The smallest absolute Gasteiger partial charge is 0.325 e. The molecule has 7 nitrogen and oxygen atoms in total. The fourth-order valence-corrected chi connectivity index (χ4v) is 3.47. The standard InChI is InChI=1S/C20H26N4O3/c1-3-11-24-17-8-6-5-7-16(17)22-20(24)23-12-9-15(10-13-23)19(26)21-14-18(25)27-4-2/h3,5-8,15H,1,4,9-14H2,2H3,(H,21,26). The Bertz CT molecular complexity index is 822. The summed E-state index contributed by atoms with van der Waals surface area (Å²) in [5.74, 6) is 0.345. The highest BCUT2D eigenvalue weighted by Crippen LogP contribution is 2.27. The number of hydrogen-bond donors (Lipinski definition) is 1. The molecule has 0 aliphatic carbocycles. The van der Waals surface area contributed by atoms with E-state index >= 15 is 0 Å². The van der Waals surface area contributed by atoms with Crippen molar-refractivity contribution in [3.8, 4) is 0 Å². The average molecular weight is 370 g/mol. The Labute approximate surface area is 159 Å². The third kappa shape index (κ3) is 4.30. The Hall–Kier alpha value is -2.83. The molecule has 3 rings (SSSR count). The SMILES string of the molecule is C=CCn1c(N2CCC(C(=O)NCC(=O)OCC)CC2)nc2ccccc21. The number of nitrogens with zero attached hydrogens (tertiary/aromatic N) is 3. The van der Waals surface area contributed by atoms with E-state index in [1.807, 2.05) is 24.3 Å². The van der Waals surface area contributed by atoms with Crippen molar-refractivity contribution in [3.05, 3.63) is 36.9 Å². The number of benzene rings is 1. The second-order valence-corrected chi connectivity index (χ2v) is 6.58. The van der Waals surface area contributed by atoms with Gasteiger partial charge in [0.2, 0.25) is 11.9 Å². The van der Waals surface area contributed by atoms with E-state index in [0.717, 1.165) is 42.9 Å². The number of imidazole rings is 1. The van der Waals surface area contributed by atoms with Crippen LogP contribution < -0.4 is 10.2 Å². The Morgan fingerprint density at radius 2 is 2.07 bits per heavy atom. The maximum absolute atomic E-state index is 12.3. The van der Waals surface area contributed by atoms with Crippen molar-refractivity contribution in [2.45, 2.75) is 26.3 Å². The van der Waals surface area contributed by atoms with Gasteiger partial charge in [-0.15, -0.1) is 6.58 Å². The molecule has 1 aromatic carbocycles. The highest BCUT2D eigenvalue weighted by Gasteiger charge is 2.27. The van der Waals surface area contributed by atoms with Gasteiger partial charge in [-0.25, -0.2) is 4.98 Å². The van der Waals surface area contributed by atoms with Gasteiger partial charge in [-0.05, 0) is 31.9 Å². The molecule has 0 unspecified atom stereocenters. The summed E-state index contributed by atoms with van der Waals surface area (Å²) in [5.41, 5.74) is 2.05. The predicted molar refractivity (Wildman–Crippen MR) is 105 cm³/mol. The van der Waals surface area contributed by atoms with Crippen LogP contribution in [0.3, 0.4) is 0 Å². The Kier molecular flexibility index (Phi) is 6.11. The van der Waals surface area contributed by atoms with Crippen LogP contribution in [0, 0.1) is 5.92 Å². The molecule has 1 fully saturated rings. The lowest BCUT2D eigenvalue weighted by Gasteiger charge is -2.32. The third-order valence-corrected chi connectivity index (χ3v) is 4.81. The molecule has 1 aliphatic heterocycles. The van der Waals surface area contributed by atoms with E-state index in [0.29, 0.717) is 13.2 Å². The zero-order valence-electron chi connectivity index (χ0n) is 15.7. The van der Waals surface area contributed by atoms with E-state index in [4.69, 9.17) is 9.72 Å². The fraction of sp³-hybridized carbons (Fsp3) is 0.450. The molecular formula is C20H26N4O3. The Balaban J connectivity index is 1.63. The summed E-state index contributed by atoms with van der Waals surface area (Å²) in [6, 6.07) is 8.06. The number of allylic oxidation sites excluding steroid dienone is 1. The quantitative estimate of drug-likeness (QED) is 0.597. The van der Waals surface area contributed by atoms with Crippen molar-refractivity contribution in [1.82, 2.24) is 14.9 Å². The average Bonchev–Trinajstić information content (AvgIpc) is 3.05. The van der Waals surface area contributed by atoms with Crippen LogP contribution in [0.5, 0.6) is 0 Å². The summed E-state index contributed by atoms with van der Waals surface area (Å²) in [6.45, 7) is 8.04. The number of fused-ring (bicyclic) bond motifs is 1. The molecule has 0 atom stereocenters. The van der Waals surface area contributed by atoms with Crippen molar-refractivity contribution in [1.29, 1.82) is 0 Å². The zero-order chi connectivity index (χ0) is 19.2. The van der Waals surface area contributed by atoms with E-state index in [2.05, 4.69) is 27.4 Å². The molecule has 0 radical (unpaired) electrons. The summed E-state index contributed by atoms with van der Waals surface area (Å²) in [7, 11) is 0. The molecule has 0 bridgehead atoms. The molecule has 1 aliphatic rings. The maximum atomic E-state index is 12.3. The van der Waals surface area contributed by atoms with Crippen LogP contribution >= 0.6 is 0 Å². The topological polar surface area (TPSA) is 76.5 Å². The number of ether oxygens (including phenoxy) is 1. The number of nitrogens with one attached hydrogen (secondary N) is 1. The van der Waals surface area contributed by atoms with Crippen LogP contribution in [0.4, 0.5) is 5.95 Å². The number of piperidine rings is 1. The first-order valence-corrected chi connectivity index (χ1v) is 9.38. The van der Waals surface area contributed by atoms with E-state index in [1.165, 1.54) is 0 Å². The highest BCUT2D eigenvalue weighted by atomic mass is 16.5. The minimum absolute atomic E-state index is 0.0674. The van der Waals surface area contributed by atoms with E-state index < -0.39 is 5.97 Å². The lowest BCUT2D eigenvalue weighted by atomic mass is 9.96. The van der Waals surface area contributed by atoms with Crippen molar-refractivity contribution < 1.29 is 14.3 Å². The molecule has 27 heavy (non-hydrogen) atoms. The van der Waals surface area contributed by atoms with Gasteiger partial charge in [-0.1, -0.05) is 18.2 Å². The van der Waals surface area contributed by atoms with Gasteiger partial charge >= 0.3 is 5.97 Å². The van der Waals surface area contributed by atoms with Crippen molar-refractivity contribution >= 4 is 28.9 Å². The summed E-state index contributed by atoms with van der Waals surface area (Å²) in [6.07, 6.45) is 3.32. The van der Waals surface area contributed by atoms with Crippen molar-refractivity contribution in [2.75, 3.05) is 31.1 Å². The van der Waals surface area contributed by atoms with E-state index in [9.17, 15) is 9.59 Å². The fourth-order valence-electron chi connectivity index (χ4n) is 3.47. The number of amides is 1. The van der Waals surface area contributed by atoms with Gasteiger partial charge in [0.1, 0.15) is 6.54 Å². The van der Waals surface area contributed by atoms with Crippen molar-refractivity contribution in [3.63, 3.8) is 0 Å². The predicted octanol–water partition coefficient (Wildman–Crippen LogP) is 2.12. The molecule has 144 valence electrons. The highest BCUT2D eigenvalue weighted by molar-refractivity contribution is 5.84. The second kappa shape index (κ2) is 8.70. The number of aromatic nitrogens is 2. The van der Waals surface area contributed by atoms with Gasteiger partial charge in [-0.2, -0.15) is 0 Å². The molecule has 1 aromatic heterocycles. The lowest BCUT2D eigenvalue weighted by molar-refractivity contribution is -0.143. The number of para-hydroxylation sites is 2. The van der Waals surface area contributed by atoms with Gasteiger partial charge in [0.25, 0.3) is 0 Å². The van der Waals surface area contributed by atoms with E-state index in [-0.39, 0.29) is 18.4 Å². The van der Waals surface area contributed by atoms with Crippen LogP contribution in [0.25, 0.3) is 11.0 Å².